The number of anilines is 2. The third-order valence-corrected chi connectivity index (χ3v) is 7.37. The molecule has 2 unspecified atom stereocenters. The minimum absolute atomic E-state index is 0.216. The summed E-state index contributed by atoms with van der Waals surface area (Å²) in [7, 11) is 3.55. The SMILES string of the molecule is CCC(CCOC)Nc1nc(-c2cccc(OCC(O)CNC)c2)nc(N(C2CCOCC2)C2CC2)c1C. The Labute approximate surface area is 227 Å². The van der Waals surface area contributed by atoms with Gasteiger partial charge in [0.15, 0.2) is 5.82 Å². The normalized spacial score (nSPS) is 17.7. The van der Waals surface area contributed by atoms with E-state index in [0.717, 1.165) is 61.7 Å². The Balaban J connectivity index is 1.69. The Morgan fingerprint density at radius 1 is 1.16 bits per heavy atom. The van der Waals surface area contributed by atoms with E-state index < -0.39 is 6.10 Å². The van der Waals surface area contributed by atoms with Crippen molar-refractivity contribution in [3.05, 3.63) is 29.8 Å². The van der Waals surface area contributed by atoms with Crippen LogP contribution in [0.5, 0.6) is 5.75 Å². The number of benzene rings is 1. The molecule has 2 fully saturated rings. The second-order valence-electron chi connectivity index (χ2n) is 10.4. The van der Waals surface area contributed by atoms with E-state index in [-0.39, 0.29) is 12.6 Å². The highest BCUT2D eigenvalue weighted by Crippen LogP contribution is 2.39. The topological polar surface area (TPSA) is 101 Å². The molecule has 1 aromatic carbocycles. The lowest BCUT2D eigenvalue weighted by Crippen LogP contribution is -2.42. The molecule has 1 saturated carbocycles. The van der Waals surface area contributed by atoms with E-state index in [4.69, 9.17) is 24.2 Å². The lowest BCUT2D eigenvalue weighted by molar-refractivity contribution is 0.0839. The number of likely N-dealkylation sites (N-methyl/N-ethyl adjacent to an activating group) is 1. The molecule has 38 heavy (non-hydrogen) atoms. The molecular formula is C29H45N5O4. The van der Waals surface area contributed by atoms with Gasteiger partial charge < -0.3 is 34.9 Å². The fraction of sp³-hybridized carbons (Fsp3) is 0.655. The average molecular weight is 528 g/mol. The smallest absolute Gasteiger partial charge is 0.164 e. The number of hydrogen-bond acceptors (Lipinski definition) is 9. The minimum atomic E-state index is -0.577. The maximum atomic E-state index is 10.1. The Hall–Kier alpha value is -2.46. The molecule has 0 bridgehead atoms. The van der Waals surface area contributed by atoms with Crippen molar-refractivity contribution in [2.45, 2.75) is 76.6 Å². The third kappa shape index (κ3) is 7.56. The molecule has 2 atom stereocenters. The van der Waals surface area contributed by atoms with Gasteiger partial charge >= 0.3 is 0 Å². The standard InChI is InChI=1S/C29H45N5O4/c1-5-22(11-14-36-4)31-27-20(2)29(34(23-9-10-23)24-12-15-37-16-13-24)33-28(32-27)21-7-6-8-26(17-21)38-19-25(35)18-30-3/h6-8,17,22-25,30,35H,5,9-16,18-19H2,1-4H3,(H,31,32,33). The Kier molecular flexibility index (Phi) is 10.6. The van der Waals surface area contributed by atoms with E-state index in [0.29, 0.717) is 36.8 Å². The van der Waals surface area contributed by atoms with Gasteiger partial charge in [-0.15, -0.1) is 0 Å². The third-order valence-electron chi connectivity index (χ3n) is 7.37. The summed E-state index contributed by atoms with van der Waals surface area (Å²) in [4.78, 5) is 12.8. The van der Waals surface area contributed by atoms with Crippen molar-refractivity contribution in [2.75, 3.05) is 57.3 Å². The lowest BCUT2D eigenvalue weighted by atomic mass is 10.1. The van der Waals surface area contributed by atoms with Crippen molar-refractivity contribution in [1.29, 1.82) is 0 Å². The number of aliphatic hydroxyl groups is 1. The number of nitrogens with zero attached hydrogens (tertiary/aromatic N) is 3. The van der Waals surface area contributed by atoms with Gasteiger partial charge in [-0.05, 0) is 64.6 Å². The molecule has 1 aromatic heterocycles. The summed E-state index contributed by atoms with van der Waals surface area (Å²) >= 11 is 0. The first kappa shape index (κ1) is 28.5. The molecule has 0 amide bonds. The van der Waals surface area contributed by atoms with Crippen LogP contribution in [0.4, 0.5) is 11.6 Å². The highest BCUT2D eigenvalue weighted by atomic mass is 16.5. The molecule has 1 aliphatic heterocycles. The average Bonchev–Trinajstić information content (AvgIpc) is 3.78. The van der Waals surface area contributed by atoms with Crippen LogP contribution in [-0.2, 0) is 9.47 Å². The van der Waals surface area contributed by atoms with Crippen LogP contribution in [0.25, 0.3) is 11.4 Å². The Bertz CT molecular complexity index is 1010. The summed E-state index contributed by atoms with van der Waals surface area (Å²) in [5.74, 6) is 3.26. The summed E-state index contributed by atoms with van der Waals surface area (Å²) in [5, 5.41) is 16.7. The van der Waals surface area contributed by atoms with Crippen LogP contribution in [0.15, 0.2) is 24.3 Å². The zero-order valence-electron chi connectivity index (χ0n) is 23.4. The van der Waals surface area contributed by atoms with Crippen molar-refractivity contribution in [2.24, 2.45) is 0 Å². The van der Waals surface area contributed by atoms with Crippen LogP contribution < -0.4 is 20.3 Å². The monoisotopic (exact) mass is 527 g/mol. The number of methoxy groups -OCH3 is 1. The van der Waals surface area contributed by atoms with Crippen LogP contribution in [0.1, 0.15) is 51.0 Å². The van der Waals surface area contributed by atoms with E-state index in [2.05, 4.69) is 29.4 Å². The van der Waals surface area contributed by atoms with Crippen molar-refractivity contribution in [3.8, 4) is 17.1 Å². The van der Waals surface area contributed by atoms with Crippen molar-refractivity contribution < 1.29 is 19.3 Å². The van der Waals surface area contributed by atoms with Crippen molar-refractivity contribution in [3.63, 3.8) is 0 Å². The predicted octanol–water partition coefficient (Wildman–Crippen LogP) is 3.79. The lowest BCUT2D eigenvalue weighted by Gasteiger charge is -2.37. The second kappa shape index (κ2) is 14.1. The molecule has 1 aliphatic carbocycles. The quantitative estimate of drug-likeness (QED) is 0.319. The van der Waals surface area contributed by atoms with Gasteiger partial charge in [0.2, 0.25) is 0 Å². The number of ether oxygens (including phenoxy) is 3. The maximum absolute atomic E-state index is 10.1. The van der Waals surface area contributed by atoms with Gasteiger partial charge in [0, 0.05) is 62.7 Å². The van der Waals surface area contributed by atoms with Crippen LogP contribution in [0, 0.1) is 6.92 Å². The highest BCUT2D eigenvalue weighted by Gasteiger charge is 2.37. The zero-order valence-corrected chi connectivity index (χ0v) is 23.4. The van der Waals surface area contributed by atoms with E-state index in [9.17, 15) is 5.11 Å². The summed E-state index contributed by atoms with van der Waals surface area (Å²) in [5.41, 5.74) is 1.98. The molecular weight excluding hydrogens is 482 g/mol. The molecule has 9 heteroatoms. The predicted molar refractivity (Wildman–Crippen MR) is 151 cm³/mol. The van der Waals surface area contributed by atoms with Gasteiger partial charge in [0.1, 0.15) is 30.1 Å². The number of aliphatic hydroxyl groups excluding tert-OH is 1. The van der Waals surface area contributed by atoms with Gasteiger partial charge in [-0.25, -0.2) is 9.97 Å². The van der Waals surface area contributed by atoms with E-state index in [1.165, 1.54) is 12.8 Å². The molecule has 0 spiro atoms. The zero-order chi connectivity index (χ0) is 26.9. The molecule has 2 aliphatic rings. The van der Waals surface area contributed by atoms with E-state index in [1.807, 2.05) is 31.3 Å². The first-order chi connectivity index (χ1) is 18.5. The van der Waals surface area contributed by atoms with Gasteiger partial charge in [-0.1, -0.05) is 19.1 Å². The summed E-state index contributed by atoms with van der Waals surface area (Å²) in [6, 6.07) is 9.03. The van der Waals surface area contributed by atoms with Gasteiger partial charge in [-0.3, -0.25) is 0 Å². The molecule has 0 radical (unpaired) electrons. The highest BCUT2D eigenvalue weighted by molar-refractivity contribution is 5.68. The fourth-order valence-corrected chi connectivity index (χ4v) is 5.03. The van der Waals surface area contributed by atoms with Crippen LogP contribution in [-0.4, -0.2) is 86.4 Å². The van der Waals surface area contributed by atoms with Crippen LogP contribution in [0.3, 0.4) is 0 Å². The summed E-state index contributed by atoms with van der Waals surface area (Å²) in [6.45, 7) is 7.31. The van der Waals surface area contributed by atoms with E-state index in [1.54, 1.807) is 7.11 Å². The molecule has 1 saturated heterocycles. The summed E-state index contributed by atoms with van der Waals surface area (Å²) in [6.07, 6.45) is 5.73. The van der Waals surface area contributed by atoms with E-state index >= 15 is 0 Å². The van der Waals surface area contributed by atoms with Crippen LogP contribution in [0.2, 0.25) is 0 Å². The number of hydrogen-bond donors (Lipinski definition) is 3. The van der Waals surface area contributed by atoms with Gasteiger partial charge in [-0.2, -0.15) is 0 Å². The Morgan fingerprint density at radius 2 is 1.92 bits per heavy atom. The minimum Gasteiger partial charge on any atom is -0.491 e. The maximum Gasteiger partial charge on any atom is 0.164 e. The Morgan fingerprint density at radius 3 is 2.61 bits per heavy atom. The fourth-order valence-electron chi connectivity index (χ4n) is 5.03. The summed E-state index contributed by atoms with van der Waals surface area (Å²) < 4.78 is 16.9. The molecule has 4 rings (SSSR count). The van der Waals surface area contributed by atoms with Gasteiger partial charge in [0.05, 0.1) is 0 Å². The molecule has 9 nitrogen and oxygen atoms in total. The number of nitrogens with one attached hydrogen (secondary N) is 2. The first-order valence-corrected chi connectivity index (χ1v) is 14.1. The van der Waals surface area contributed by atoms with Crippen molar-refractivity contribution >= 4 is 11.6 Å². The number of aromatic nitrogens is 2. The second-order valence-corrected chi connectivity index (χ2v) is 10.4. The van der Waals surface area contributed by atoms with Crippen molar-refractivity contribution in [1.82, 2.24) is 15.3 Å². The molecule has 210 valence electrons. The largest absolute Gasteiger partial charge is 0.491 e. The molecule has 2 heterocycles. The van der Waals surface area contributed by atoms with Crippen LogP contribution >= 0.6 is 0 Å². The number of rotatable bonds is 15. The molecule has 3 N–H and O–H groups in total. The van der Waals surface area contributed by atoms with Gasteiger partial charge in [0.25, 0.3) is 0 Å². The molecule has 2 aromatic rings. The first-order valence-electron chi connectivity index (χ1n) is 14.1.